The fourth-order valence-corrected chi connectivity index (χ4v) is 1.86. The highest BCUT2D eigenvalue weighted by Gasteiger charge is 2.42. The van der Waals surface area contributed by atoms with E-state index < -0.39 is 41.2 Å². The molecule has 0 radical (unpaired) electrons. The number of alkyl halides is 3. The third-order valence-corrected chi connectivity index (χ3v) is 2.54. The maximum atomic E-state index is 10.8. The van der Waals surface area contributed by atoms with E-state index in [0.717, 1.165) is 0 Å². The summed E-state index contributed by atoms with van der Waals surface area (Å²) in [6, 6.07) is 0.981. The van der Waals surface area contributed by atoms with Gasteiger partial charge < -0.3 is 0 Å². The molecule has 0 unspecified atom stereocenters. The molecule has 1 rings (SSSR count). The number of nitro groups is 3. The van der Waals surface area contributed by atoms with Crippen molar-refractivity contribution >= 4 is 51.9 Å². The molecule has 102 valence electrons. The summed E-state index contributed by atoms with van der Waals surface area (Å²) in [5.74, 6) is 0. The van der Waals surface area contributed by atoms with E-state index in [1.165, 1.54) is 0 Å². The van der Waals surface area contributed by atoms with Gasteiger partial charge in [-0.15, -0.1) is 0 Å². The predicted octanol–water partition coefficient (Wildman–Crippen LogP) is 3.24. The minimum Gasteiger partial charge on any atom is -0.258 e. The Kier molecular flexibility index (Phi) is 4.13. The monoisotopic (exact) mass is 329 g/mol. The van der Waals surface area contributed by atoms with Crippen LogP contribution in [0.2, 0.25) is 0 Å². The number of hydrogen-bond donors (Lipinski definition) is 0. The summed E-state index contributed by atoms with van der Waals surface area (Å²) in [5.41, 5.74) is -3.71. The van der Waals surface area contributed by atoms with Gasteiger partial charge in [0.05, 0.1) is 26.9 Å². The van der Waals surface area contributed by atoms with Gasteiger partial charge in [-0.05, 0) is 0 Å². The lowest BCUT2D eigenvalue weighted by Gasteiger charge is -2.11. The topological polar surface area (TPSA) is 129 Å². The van der Waals surface area contributed by atoms with Gasteiger partial charge in [-0.1, -0.05) is 34.8 Å². The van der Waals surface area contributed by atoms with Crippen molar-refractivity contribution < 1.29 is 14.8 Å². The summed E-state index contributed by atoms with van der Waals surface area (Å²) in [6.07, 6.45) is 0. The minimum atomic E-state index is -2.47. The number of hydrogen-bond acceptors (Lipinski definition) is 6. The third kappa shape index (κ3) is 3.19. The predicted molar refractivity (Wildman–Crippen MR) is 65.6 cm³/mol. The molecule has 0 aliphatic heterocycles. The second kappa shape index (κ2) is 5.11. The van der Waals surface area contributed by atoms with E-state index in [9.17, 15) is 30.3 Å². The third-order valence-electron chi connectivity index (χ3n) is 1.97. The summed E-state index contributed by atoms with van der Waals surface area (Å²) < 4.78 is -2.47. The van der Waals surface area contributed by atoms with Crippen LogP contribution in [-0.4, -0.2) is 14.8 Å². The van der Waals surface area contributed by atoms with E-state index in [2.05, 4.69) is 0 Å². The van der Waals surface area contributed by atoms with Gasteiger partial charge in [-0.2, -0.15) is 0 Å². The van der Waals surface area contributed by atoms with Crippen LogP contribution in [0, 0.1) is 30.3 Å². The number of benzene rings is 1. The van der Waals surface area contributed by atoms with E-state index in [1.54, 1.807) is 0 Å². The second-order valence-corrected chi connectivity index (χ2v) is 5.41. The lowest BCUT2D eigenvalue weighted by molar-refractivity contribution is -0.404. The van der Waals surface area contributed by atoms with E-state index in [4.69, 9.17) is 34.8 Å². The van der Waals surface area contributed by atoms with Crippen molar-refractivity contribution in [1.29, 1.82) is 0 Å². The molecular formula is C7H2Cl3N3O6. The van der Waals surface area contributed by atoms with Crippen molar-refractivity contribution in [2.45, 2.75) is 3.79 Å². The van der Waals surface area contributed by atoms with Crippen LogP contribution in [0.1, 0.15) is 5.56 Å². The second-order valence-electron chi connectivity index (χ2n) is 3.13. The first-order valence-corrected chi connectivity index (χ1v) is 5.37. The summed E-state index contributed by atoms with van der Waals surface area (Å²) in [6.45, 7) is 0. The van der Waals surface area contributed by atoms with Crippen LogP contribution in [0.15, 0.2) is 12.1 Å². The number of nitrogens with zero attached hydrogens (tertiary/aromatic N) is 3. The molecular weight excluding hydrogens is 328 g/mol. The van der Waals surface area contributed by atoms with E-state index >= 15 is 0 Å². The first-order valence-electron chi connectivity index (χ1n) is 4.24. The highest BCUT2D eigenvalue weighted by atomic mass is 35.6. The Morgan fingerprint density at radius 2 is 1.21 bits per heavy atom. The fraction of sp³-hybridized carbons (Fsp3) is 0.143. The zero-order chi connectivity index (χ0) is 15.0. The lowest BCUT2D eigenvalue weighted by Crippen LogP contribution is -2.10. The molecule has 0 saturated heterocycles. The average molecular weight is 330 g/mol. The van der Waals surface area contributed by atoms with Gasteiger partial charge in [0, 0.05) is 0 Å². The summed E-state index contributed by atoms with van der Waals surface area (Å²) >= 11 is 16.3. The molecule has 0 N–H and O–H groups in total. The molecule has 0 amide bonds. The molecule has 0 aliphatic carbocycles. The minimum absolute atomic E-state index is 0.490. The number of nitro benzene ring substituents is 3. The highest BCUT2D eigenvalue weighted by molar-refractivity contribution is 6.67. The molecule has 0 aromatic heterocycles. The van der Waals surface area contributed by atoms with E-state index in [-0.39, 0.29) is 0 Å². The quantitative estimate of drug-likeness (QED) is 0.475. The van der Waals surface area contributed by atoms with E-state index in [1.807, 2.05) is 0 Å². The van der Waals surface area contributed by atoms with Gasteiger partial charge in [0.2, 0.25) is 3.79 Å². The Morgan fingerprint density at radius 3 is 1.42 bits per heavy atom. The normalized spacial score (nSPS) is 11.1. The maximum Gasteiger partial charge on any atom is 0.290 e. The van der Waals surface area contributed by atoms with Gasteiger partial charge in [-0.25, -0.2) is 0 Å². The standard InChI is InChI=1S/C7H2Cl3N3O6/c8-7(9,10)6-4(12(16)17)1-3(11(14)15)2-5(6)13(18)19/h1-2H. The van der Waals surface area contributed by atoms with Crippen LogP contribution in [0.25, 0.3) is 0 Å². The van der Waals surface area contributed by atoms with Gasteiger partial charge >= 0.3 is 0 Å². The van der Waals surface area contributed by atoms with Crippen molar-refractivity contribution in [3.63, 3.8) is 0 Å². The van der Waals surface area contributed by atoms with Crippen molar-refractivity contribution in [3.05, 3.63) is 48.0 Å². The molecule has 9 nitrogen and oxygen atoms in total. The zero-order valence-electron chi connectivity index (χ0n) is 8.58. The Morgan fingerprint density at radius 1 is 0.842 bits per heavy atom. The van der Waals surface area contributed by atoms with Gasteiger partial charge in [-0.3, -0.25) is 30.3 Å². The van der Waals surface area contributed by atoms with Crippen LogP contribution < -0.4 is 0 Å². The number of halogens is 3. The highest BCUT2D eigenvalue weighted by Crippen LogP contribution is 2.48. The molecule has 0 saturated carbocycles. The Labute approximate surface area is 119 Å². The Hall–Kier alpha value is -1.71. The molecule has 12 heteroatoms. The fourth-order valence-electron chi connectivity index (χ4n) is 1.28. The number of rotatable bonds is 3. The molecule has 0 aliphatic rings. The molecule has 1 aromatic carbocycles. The largest absolute Gasteiger partial charge is 0.290 e. The summed E-state index contributed by atoms with van der Waals surface area (Å²) in [4.78, 5) is 29.0. The van der Waals surface area contributed by atoms with Crippen LogP contribution in [-0.2, 0) is 3.79 Å². The molecule has 0 fully saturated rings. The number of non-ortho nitro benzene ring substituents is 1. The van der Waals surface area contributed by atoms with Gasteiger partial charge in [0.25, 0.3) is 17.1 Å². The van der Waals surface area contributed by atoms with Gasteiger partial charge in [0.15, 0.2) is 5.56 Å². The molecule has 0 bridgehead atoms. The molecule has 1 aromatic rings. The van der Waals surface area contributed by atoms with Crippen LogP contribution in [0.3, 0.4) is 0 Å². The first-order chi connectivity index (χ1) is 8.55. The summed E-state index contributed by atoms with van der Waals surface area (Å²) in [7, 11) is 0. The van der Waals surface area contributed by atoms with Gasteiger partial charge in [0.1, 0.15) is 0 Å². The van der Waals surface area contributed by atoms with Crippen molar-refractivity contribution in [2.24, 2.45) is 0 Å². The van der Waals surface area contributed by atoms with Crippen molar-refractivity contribution in [2.75, 3.05) is 0 Å². The Balaban J connectivity index is 3.81. The zero-order valence-corrected chi connectivity index (χ0v) is 10.8. The van der Waals surface area contributed by atoms with Crippen molar-refractivity contribution in [3.8, 4) is 0 Å². The smallest absolute Gasteiger partial charge is 0.258 e. The average Bonchev–Trinajstić information content (AvgIpc) is 2.25. The SMILES string of the molecule is O=[N+]([O-])c1cc([N+](=O)[O-])c(C(Cl)(Cl)Cl)c([N+](=O)[O-])c1. The van der Waals surface area contributed by atoms with E-state index in [0.29, 0.717) is 12.1 Å². The van der Waals surface area contributed by atoms with Crippen LogP contribution >= 0.6 is 34.8 Å². The van der Waals surface area contributed by atoms with Crippen molar-refractivity contribution in [1.82, 2.24) is 0 Å². The maximum absolute atomic E-state index is 10.8. The summed E-state index contributed by atoms with van der Waals surface area (Å²) in [5, 5.41) is 32.2. The van der Waals surface area contributed by atoms with Crippen LogP contribution in [0.4, 0.5) is 17.1 Å². The van der Waals surface area contributed by atoms with Crippen LogP contribution in [0.5, 0.6) is 0 Å². The molecule has 0 atom stereocenters. The molecule has 0 heterocycles. The molecule has 0 spiro atoms. The first kappa shape index (κ1) is 15.3. The molecule has 19 heavy (non-hydrogen) atoms. The lowest BCUT2D eigenvalue weighted by atomic mass is 10.1. The Bertz CT molecular complexity index is 549.